The van der Waals surface area contributed by atoms with Gasteiger partial charge in [0.1, 0.15) is 11.6 Å². The third-order valence-corrected chi connectivity index (χ3v) is 3.48. The number of amides is 1. The Bertz CT molecular complexity index is 785. The van der Waals surface area contributed by atoms with Crippen molar-refractivity contribution in [2.45, 2.75) is 24.9 Å². The number of hydrogen-bond donors (Lipinski definition) is 2. The molecule has 0 atom stereocenters. The molecule has 11 heteroatoms. The number of pyridine rings is 1. The molecule has 1 heterocycles. The van der Waals surface area contributed by atoms with Crippen LogP contribution in [0, 0.1) is 12.7 Å². The molecule has 0 saturated heterocycles. The molecule has 0 aliphatic heterocycles. The minimum atomic E-state index is -5.98. The fraction of sp³-hybridized carbons (Fsp3) is 0.250. The van der Waals surface area contributed by atoms with Crippen molar-refractivity contribution in [2.24, 2.45) is 0 Å². The van der Waals surface area contributed by atoms with Crippen molar-refractivity contribution in [3.05, 3.63) is 59.5 Å². The predicted molar refractivity (Wildman–Crippen MR) is 81.3 cm³/mol. The topological polar surface area (TPSA) is 54.0 Å². The average Bonchev–Trinajstić information content (AvgIpc) is 2.54. The second kappa shape index (κ2) is 7.05. The summed E-state index contributed by atoms with van der Waals surface area (Å²) >= 11 is 0. The van der Waals surface area contributed by atoms with E-state index in [1.807, 2.05) is 0 Å². The van der Waals surface area contributed by atoms with Crippen molar-refractivity contribution in [1.29, 1.82) is 0 Å². The molecule has 2 N–H and O–H groups in total. The Morgan fingerprint density at radius 1 is 0.926 bits per heavy atom. The highest BCUT2D eigenvalue weighted by atomic mass is 19.4. The maximum atomic E-state index is 13.5. The largest absolute Gasteiger partial charge is 0.439 e. The van der Waals surface area contributed by atoms with E-state index in [9.17, 15) is 35.5 Å². The zero-order valence-electron chi connectivity index (χ0n) is 13.5. The van der Waals surface area contributed by atoms with Crippen molar-refractivity contribution < 1.29 is 35.5 Å². The first-order chi connectivity index (χ1) is 12.4. The molecule has 27 heavy (non-hydrogen) atoms. The molecule has 0 fully saturated rings. The van der Waals surface area contributed by atoms with E-state index in [2.05, 4.69) is 4.98 Å². The fourth-order valence-electron chi connectivity index (χ4n) is 2.05. The first kappa shape index (κ1) is 20.5. The van der Waals surface area contributed by atoms with E-state index in [1.165, 1.54) is 18.3 Å². The highest BCUT2D eigenvalue weighted by Gasteiger charge is 2.72. The van der Waals surface area contributed by atoms with E-state index < -0.39 is 41.1 Å². The van der Waals surface area contributed by atoms with Crippen LogP contribution >= 0.6 is 0 Å². The molecule has 0 saturated carbocycles. The minimum Gasteiger partial charge on any atom is -0.332 e. The van der Waals surface area contributed by atoms with Gasteiger partial charge in [-0.3, -0.25) is 4.79 Å². The lowest BCUT2D eigenvalue weighted by Gasteiger charge is -2.38. The smallest absolute Gasteiger partial charge is 0.332 e. The zero-order chi connectivity index (χ0) is 20.5. The predicted octanol–water partition coefficient (Wildman–Crippen LogP) is 4.19. The van der Waals surface area contributed by atoms with Crippen LogP contribution in [0.25, 0.3) is 0 Å². The van der Waals surface area contributed by atoms with Crippen LogP contribution in [0.1, 0.15) is 15.9 Å². The van der Waals surface area contributed by atoms with Gasteiger partial charge in [-0.2, -0.15) is 26.3 Å². The van der Waals surface area contributed by atoms with Gasteiger partial charge in [0.2, 0.25) is 0 Å². The van der Waals surface area contributed by atoms with Crippen LogP contribution in [0.3, 0.4) is 0 Å². The number of carbonyl (C=O) groups excluding carboxylic acids is 1. The molecule has 0 unspecified atom stereocenters. The first-order valence-electron chi connectivity index (χ1n) is 7.28. The van der Waals surface area contributed by atoms with Gasteiger partial charge < -0.3 is 10.6 Å². The van der Waals surface area contributed by atoms with Crippen LogP contribution in [0.2, 0.25) is 0 Å². The fourth-order valence-corrected chi connectivity index (χ4v) is 2.05. The molecule has 0 aliphatic rings. The Balaban J connectivity index is 2.49. The Morgan fingerprint density at radius 3 is 1.93 bits per heavy atom. The van der Waals surface area contributed by atoms with Crippen LogP contribution < -0.4 is 10.6 Å². The van der Waals surface area contributed by atoms with E-state index in [0.717, 1.165) is 41.8 Å². The van der Waals surface area contributed by atoms with Gasteiger partial charge in [0.05, 0.1) is 0 Å². The third kappa shape index (κ3) is 4.29. The number of aryl methyl sites for hydroxylation is 1. The highest BCUT2D eigenvalue weighted by molar-refractivity contribution is 5.95. The monoisotopic (exact) mass is 395 g/mol. The number of hydrogen-bond acceptors (Lipinski definition) is 3. The van der Waals surface area contributed by atoms with Gasteiger partial charge in [0.15, 0.2) is 0 Å². The number of halogens is 7. The Labute approximate surface area is 148 Å². The summed E-state index contributed by atoms with van der Waals surface area (Å²) in [6, 6.07) is 5.12. The lowest BCUT2D eigenvalue weighted by Crippen LogP contribution is -2.72. The van der Waals surface area contributed by atoms with Crippen LogP contribution in [0.15, 0.2) is 42.6 Å². The molecule has 2 rings (SSSR count). The minimum absolute atomic E-state index is 0.500. The number of nitrogens with one attached hydrogen (secondary N) is 2. The van der Waals surface area contributed by atoms with Crippen LogP contribution in [-0.4, -0.2) is 28.9 Å². The number of aromatic nitrogens is 1. The molecular formula is C16H12F7N3O. The lowest BCUT2D eigenvalue weighted by atomic mass is 10.1. The maximum Gasteiger partial charge on any atom is 0.439 e. The summed E-state index contributed by atoms with van der Waals surface area (Å²) in [6.45, 7) is 1.54. The number of alkyl halides is 6. The van der Waals surface area contributed by atoms with Crippen LogP contribution in [0.4, 0.5) is 36.6 Å². The van der Waals surface area contributed by atoms with Crippen LogP contribution in [-0.2, 0) is 0 Å². The van der Waals surface area contributed by atoms with Gasteiger partial charge in [-0.25, -0.2) is 9.37 Å². The summed E-state index contributed by atoms with van der Waals surface area (Å²) < 4.78 is 93.8. The Morgan fingerprint density at radius 2 is 1.48 bits per heavy atom. The molecule has 2 aromatic rings. The quantitative estimate of drug-likeness (QED) is 0.603. The summed E-state index contributed by atoms with van der Waals surface area (Å²) in [7, 11) is 0. The van der Waals surface area contributed by atoms with Crippen molar-refractivity contribution in [2.75, 3.05) is 5.32 Å². The van der Waals surface area contributed by atoms with Crippen molar-refractivity contribution >= 4 is 11.7 Å². The molecule has 1 amide bonds. The lowest BCUT2D eigenvalue weighted by molar-refractivity contribution is -0.294. The maximum absolute atomic E-state index is 13.5. The molecule has 1 aromatic carbocycles. The molecule has 0 radical (unpaired) electrons. The Kier molecular flexibility index (Phi) is 5.34. The zero-order valence-corrected chi connectivity index (χ0v) is 13.5. The molecular weight excluding hydrogens is 383 g/mol. The van der Waals surface area contributed by atoms with Crippen molar-refractivity contribution in [3.63, 3.8) is 0 Å². The van der Waals surface area contributed by atoms with E-state index in [-0.39, 0.29) is 0 Å². The third-order valence-electron chi connectivity index (χ3n) is 3.48. The van der Waals surface area contributed by atoms with Gasteiger partial charge in [-0.1, -0.05) is 6.07 Å². The summed E-state index contributed by atoms with van der Waals surface area (Å²) in [5, 5.41) is 2.19. The highest BCUT2D eigenvalue weighted by Crippen LogP contribution is 2.43. The standard InChI is InChI=1S/C16H12F7N3O/c1-9-2-7-12(24-8-9)25-14(15(18,19)20,16(21,22)23)26-13(27)10-3-5-11(17)6-4-10/h2-8H,1H3,(H,24,25)(H,26,27). The number of rotatable bonds is 4. The van der Waals surface area contributed by atoms with Crippen LogP contribution in [0.5, 0.6) is 0 Å². The van der Waals surface area contributed by atoms with E-state index in [1.54, 1.807) is 0 Å². The van der Waals surface area contributed by atoms with E-state index in [4.69, 9.17) is 0 Å². The first-order valence-corrected chi connectivity index (χ1v) is 7.28. The summed E-state index contributed by atoms with van der Waals surface area (Å²) in [4.78, 5) is 15.5. The van der Waals surface area contributed by atoms with Gasteiger partial charge in [0.25, 0.3) is 5.91 Å². The number of anilines is 1. The SMILES string of the molecule is Cc1ccc(NC(NC(=O)c2ccc(F)cc2)(C(F)(F)F)C(F)(F)F)nc1. The molecule has 146 valence electrons. The molecule has 0 bridgehead atoms. The summed E-state index contributed by atoms with van der Waals surface area (Å²) in [5.41, 5.74) is -4.90. The van der Waals surface area contributed by atoms with E-state index >= 15 is 0 Å². The molecule has 0 aliphatic carbocycles. The molecule has 4 nitrogen and oxygen atoms in total. The number of carbonyl (C=O) groups is 1. The molecule has 0 spiro atoms. The second-order valence-electron chi connectivity index (χ2n) is 5.55. The normalized spacial score (nSPS) is 12.6. The second-order valence-corrected chi connectivity index (χ2v) is 5.55. The van der Waals surface area contributed by atoms with Gasteiger partial charge in [-0.15, -0.1) is 0 Å². The van der Waals surface area contributed by atoms with Gasteiger partial charge >= 0.3 is 18.0 Å². The molecule has 1 aromatic heterocycles. The van der Waals surface area contributed by atoms with Crippen molar-refractivity contribution in [3.8, 4) is 0 Å². The Hall–Kier alpha value is -2.85. The van der Waals surface area contributed by atoms with Gasteiger partial charge in [0, 0.05) is 11.8 Å². The summed E-state index contributed by atoms with van der Waals surface area (Å²) in [6.07, 6.45) is -10.9. The average molecular weight is 395 g/mol. The van der Waals surface area contributed by atoms with Gasteiger partial charge in [-0.05, 0) is 42.8 Å². The number of nitrogens with zero attached hydrogens (tertiary/aromatic N) is 1. The summed E-state index contributed by atoms with van der Waals surface area (Å²) in [5.74, 6) is -3.27. The number of benzene rings is 1. The van der Waals surface area contributed by atoms with E-state index in [0.29, 0.717) is 5.56 Å². The van der Waals surface area contributed by atoms with Crippen molar-refractivity contribution in [1.82, 2.24) is 10.3 Å².